The van der Waals surface area contributed by atoms with Gasteiger partial charge in [-0.05, 0) is 51.9 Å². The molecule has 0 aromatic carbocycles. The first-order valence-corrected chi connectivity index (χ1v) is 13.4. The molecular weight excluding hydrogens is 386 g/mol. The minimum atomic E-state index is 0.838. The quantitative estimate of drug-likeness (QED) is 0.156. The zero-order valence-corrected chi connectivity index (χ0v) is 22.3. The van der Waals surface area contributed by atoms with Crippen LogP contribution in [0.3, 0.4) is 0 Å². The predicted molar refractivity (Wildman–Crippen MR) is 136 cm³/mol. The summed E-state index contributed by atoms with van der Waals surface area (Å²) in [4.78, 5) is 5.15. The molecule has 5 heteroatoms. The summed E-state index contributed by atoms with van der Waals surface area (Å²) in [6.07, 6.45) is 10.3. The fourth-order valence-electron chi connectivity index (χ4n) is 3.52. The normalized spacial score (nSPS) is 12.4. The third kappa shape index (κ3) is 20.2. The lowest BCUT2D eigenvalue weighted by molar-refractivity contribution is -0.891. The summed E-state index contributed by atoms with van der Waals surface area (Å²) in [5.41, 5.74) is 0. The van der Waals surface area contributed by atoms with E-state index in [2.05, 4.69) is 51.6 Å². The molecule has 0 radical (unpaired) electrons. The van der Waals surface area contributed by atoms with Crippen LogP contribution >= 0.6 is 0 Å². The molecule has 188 valence electrons. The number of unbranched alkanes of at least 4 members (excludes halogenated alkanes) is 4. The maximum Gasteiger partial charge on any atom is 0.102 e. The summed E-state index contributed by atoms with van der Waals surface area (Å²) >= 11 is 0. The van der Waals surface area contributed by atoms with Gasteiger partial charge in [-0.3, -0.25) is 0 Å². The van der Waals surface area contributed by atoms with Gasteiger partial charge in [0.15, 0.2) is 0 Å². The van der Waals surface area contributed by atoms with Crippen molar-refractivity contribution in [2.24, 2.45) is 0 Å². The Kier molecular flexibility index (Phi) is 21.5. The highest BCUT2D eigenvalue weighted by atomic mass is 16.5. The Morgan fingerprint density at radius 3 is 1.10 bits per heavy atom. The molecule has 0 fully saturated rings. The average Bonchev–Trinajstić information content (AvgIpc) is 2.75. The van der Waals surface area contributed by atoms with Crippen molar-refractivity contribution in [1.29, 1.82) is 0 Å². The third-order valence-electron chi connectivity index (χ3n) is 6.10. The Balaban J connectivity index is 3.89. The van der Waals surface area contributed by atoms with Crippen LogP contribution in [0.5, 0.6) is 0 Å². The molecule has 0 aliphatic rings. The third-order valence-corrected chi connectivity index (χ3v) is 6.10. The Labute approximate surface area is 196 Å². The molecular formula is C26H58N3O2+. The molecule has 0 rings (SSSR count). The van der Waals surface area contributed by atoms with Gasteiger partial charge in [0.1, 0.15) is 13.1 Å². The molecule has 0 aliphatic heterocycles. The molecule has 0 unspecified atom stereocenters. The maximum absolute atomic E-state index is 5.99. The van der Waals surface area contributed by atoms with E-state index >= 15 is 0 Å². The Hall–Kier alpha value is -0.200. The zero-order valence-electron chi connectivity index (χ0n) is 22.3. The highest BCUT2D eigenvalue weighted by molar-refractivity contribution is 4.58. The molecule has 0 aromatic rings. The second-order valence-electron chi connectivity index (χ2n) is 9.71. The van der Waals surface area contributed by atoms with Gasteiger partial charge in [-0.2, -0.15) is 0 Å². The number of hydrogen-bond acceptors (Lipinski definition) is 4. The standard InChI is InChI=1S/C26H58N3O2/c1-7-11-15-27(16-12-8-2)19-23-30-25-21-29(5,6)22-26-31-24-20-28(17-13-9-3)18-14-10-4/h7-26H2,1-6H3/q+1. The van der Waals surface area contributed by atoms with E-state index in [0.717, 1.165) is 57.1 Å². The van der Waals surface area contributed by atoms with E-state index in [9.17, 15) is 0 Å². The number of likely N-dealkylation sites (N-methyl/N-ethyl adjacent to an activating group) is 1. The Bertz CT molecular complexity index is 319. The van der Waals surface area contributed by atoms with Crippen molar-refractivity contribution in [3.63, 3.8) is 0 Å². The smallest absolute Gasteiger partial charge is 0.102 e. The van der Waals surface area contributed by atoms with Crippen molar-refractivity contribution in [2.75, 3.05) is 92.9 Å². The molecule has 0 amide bonds. The van der Waals surface area contributed by atoms with Crippen LogP contribution in [0.25, 0.3) is 0 Å². The van der Waals surface area contributed by atoms with Gasteiger partial charge in [-0.15, -0.1) is 0 Å². The number of quaternary nitrogens is 1. The van der Waals surface area contributed by atoms with Gasteiger partial charge in [-0.25, -0.2) is 0 Å². The monoisotopic (exact) mass is 444 g/mol. The second kappa shape index (κ2) is 21.6. The summed E-state index contributed by atoms with van der Waals surface area (Å²) in [5.74, 6) is 0. The molecule has 0 heterocycles. The van der Waals surface area contributed by atoms with E-state index in [-0.39, 0.29) is 0 Å². The number of rotatable bonds is 24. The van der Waals surface area contributed by atoms with Crippen LogP contribution in [0.4, 0.5) is 0 Å². The van der Waals surface area contributed by atoms with Crippen LogP contribution in [0.2, 0.25) is 0 Å². The molecule has 0 atom stereocenters. The molecule has 0 aromatic heterocycles. The number of nitrogens with zero attached hydrogens (tertiary/aromatic N) is 3. The van der Waals surface area contributed by atoms with Gasteiger partial charge in [0.2, 0.25) is 0 Å². The van der Waals surface area contributed by atoms with Crippen LogP contribution in [-0.4, -0.2) is 107 Å². The number of ether oxygens (including phenoxy) is 2. The summed E-state index contributed by atoms with van der Waals surface area (Å²) in [5, 5.41) is 0. The maximum atomic E-state index is 5.99. The lowest BCUT2D eigenvalue weighted by atomic mass is 10.2. The largest absolute Gasteiger partial charge is 0.374 e. The van der Waals surface area contributed by atoms with Crippen LogP contribution in [0.15, 0.2) is 0 Å². The zero-order chi connectivity index (χ0) is 23.2. The first-order chi connectivity index (χ1) is 15.0. The van der Waals surface area contributed by atoms with Gasteiger partial charge < -0.3 is 23.8 Å². The number of hydrogen-bond donors (Lipinski definition) is 0. The molecule has 31 heavy (non-hydrogen) atoms. The van der Waals surface area contributed by atoms with E-state index in [1.807, 2.05) is 0 Å². The van der Waals surface area contributed by atoms with E-state index in [4.69, 9.17) is 9.47 Å². The van der Waals surface area contributed by atoms with Crippen LogP contribution in [0.1, 0.15) is 79.1 Å². The van der Waals surface area contributed by atoms with Crippen molar-refractivity contribution in [3.05, 3.63) is 0 Å². The summed E-state index contributed by atoms with van der Waals surface area (Å²) in [6, 6.07) is 0. The second-order valence-corrected chi connectivity index (χ2v) is 9.71. The topological polar surface area (TPSA) is 24.9 Å². The first-order valence-electron chi connectivity index (χ1n) is 13.4. The molecule has 0 spiro atoms. The highest BCUT2D eigenvalue weighted by Gasteiger charge is 2.15. The minimum Gasteiger partial charge on any atom is -0.374 e. The lowest BCUT2D eigenvalue weighted by Gasteiger charge is -2.30. The van der Waals surface area contributed by atoms with Gasteiger partial charge in [0, 0.05) is 13.1 Å². The van der Waals surface area contributed by atoms with Crippen molar-refractivity contribution in [1.82, 2.24) is 9.80 Å². The molecule has 5 nitrogen and oxygen atoms in total. The highest BCUT2D eigenvalue weighted by Crippen LogP contribution is 2.02. The van der Waals surface area contributed by atoms with Crippen LogP contribution in [-0.2, 0) is 9.47 Å². The first kappa shape index (κ1) is 30.8. The molecule has 0 saturated carbocycles. The lowest BCUT2D eigenvalue weighted by Crippen LogP contribution is -2.45. The Morgan fingerprint density at radius 1 is 0.484 bits per heavy atom. The minimum absolute atomic E-state index is 0.838. The van der Waals surface area contributed by atoms with E-state index < -0.39 is 0 Å². The molecule has 0 aliphatic carbocycles. The van der Waals surface area contributed by atoms with Crippen LogP contribution in [0, 0.1) is 0 Å². The SMILES string of the molecule is CCCCN(CCCC)CCOCC[N+](C)(C)CCOCCN(CCCC)CCCC. The molecule has 0 N–H and O–H groups in total. The van der Waals surface area contributed by atoms with Crippen molar-refractivity contribution < 1.29 is 14.0 Å². The Morgan fingerprint density at radius 2 is 0.806 bits per heavy atom. The van der Waals surface area contributed by atoms with Gasteiger partial charge >= 0.3 is 0 Å². The van der Waals surface area contributed by atoms with E-state index in [1.165, 1.54) is 77.5 Å². The molecule has 0 bridgehead atoms. The van der Waals surface area contributed by atoms with Crippen molar-refractivity contribution in [2.45, 2.75) is 79.1 Å². The van der Waals surface area contributed by atoms with E-state index in [0.29, 0.717) is 0 Å². The van der Waals surface area contributed by atoms with E-state index in [1.54, 1.807) is 0 Å². The molecule has 0 saturated heterocycles. The predicted octanol–water partition coefficient (Wildman–Crippen LogP) is 4.90. The summed E-state index contributed by atoms with van der Waals surface area (Å²) < 4.78 is 12.9. The summed E-state index contributed by atoms with van der Waals surface area (Å²) in [7, 11) is 4.58. The van der Waals surface area contributed by atoms with Crippen LogP contribution < -0.4 is 0 Å². The van der Waals surface area contributed by atoms with Crippen molar-refractivity contribution in [3.8, 4) is 0 Å². The van der Waals surface area contributed by atoms with Gasteiger partial charge in [0.05, 0.1) is 40.5 Å². The van der Waals surface area contributed by atoms with Gasteiger partial charge in [-0.1, -0.05) is 53.4 Å². The summed E-state index contributed by atoms with van der Waals surface area (Å²) in [6.45, 7) is 21.6. The van der Waals surface area contributed by atoms with Crippen molar-refractivity contribution >= 4 is 0 Å². The fraction of sp³-hybridized carbons (Fsp3) is 1.00. The fourth-order valence-corrected chi connectivity index (χ4v) is 3.52. The van der Waals surface area contributed by atoms with Gasteiger partial charge in [0.25, 0.3) is 0 Å². The average molecular weight is 445 g/mol.